The van der Waals surface area contributed by atoms with Crippen LogP contribution in [0.25, 0.3) is 0 Å². The van der Waals surface area contributed by atoms with E-state index in [-0.39, 0.29) is 246 Å². The Balaban J connectivity index is 0.00000149. The van der Waals surface area contributed by atoms with Crippen LogP contribution in [0.15, 0.2) is 0 Å². The number of imide groups is 5. The fraction of sp³-hybridized carbons (Fsp3) is 0.802. The Kier molecular flexibility index (Phi) is 56.5. The second-order valence-corrected chi connectivity index (χ2v) is 38.7. The Labute approximate surface area is 748 Å². The summed E-state index contributed by atoms with van der Waals surface area (Å²) in [6.45, 7) is 50.6. The van der Waals surface area contributed by atoms with Crippen molar-refractivity contribution < 1.29 is 105 Å². The monoisotopic (exact) mass is 1770 g/mol. The van der Waals surface area contributed by atoms with Crippen molar-refractivity contribution in [2.45, 2.75) is 307 Å². The molecule has 6 unspecified atom stereocenters. The van der Waals surface area contributed by atoms with Gasteiger partial charge in [0.1, 0.15) is 46.5 Å². The number of rotatable bonds is 52. The van der Waals surface area contributed by atoms with Crippen molar-refractivity contribution in [1.29, 1.82) is 0 Å². The highest BCUT2D eigenvalue weighted by molar-refractivity contribution is 6.08. The first-order valence-corrected chi connectivity index (χ1v) is 46.5. The Morgan fingerprint density at radius 2 is 0.600 bits per heavy atom. The molecule has 0 saturated carbocycles. The number of nitrogens with zero attached hydrogens (tertiary/aromatic N) is 6. The van der Waals surface area contributed by atoms with Crippen LogP contribution in [0.5, 0.6) is 0 Å². The lowest BCUT2D eigenvalue weighted by atomic mass is 9.94. The molecule has 125 heavy (non-hydrogen) atoms. The van der Waals surface area contributed by atoms with Crippen LogP contribution in [0, 0.1) is 101 Å². The second-order valence-electron chi connectivity index (χ2n) is 38.7. The quantitative estimate of drug-likeness (QED) is 0.0324. The molecule has 0 aromatic rings. The summed E-state index contributed by atoms with van der Waals surface area (Å²) in [5.74, 6) is -0.149. The molecule has 0 aliphatic carbocycles. The first-order chi connectivity index (χ1) is 58.1. The van der Waals surface area contributed by atoms with E-state index >= 15 is 0 Å². The van der Waals surface area contributed by atoms with Crippen LogP contribution in [0.4, 0.5) is 0 Å². The van der Waals surface area contributed by atoms with Crippen molar-refractivity contribution in [1.82, 2.24) is 29.8 Å². The standard InChI is InChI=1S/C20H34N2O6.C18H33N2O3.C17H28N2O4.C16H27NO3.C13H21NO3.C12H22O2/c1-14(2)16-13-19(25)22(20(16)26)8-5-18(24)21-7-10-28-12-11-27-9-6-17(23)15(3)4;1-13(2)15-12-17(22)19(18(15)23)9-11-20(5,6)10-7-8-16(21)14(3)4;1-10(2)12-8-16(22)19(17(12)23)13(9-18)15(21)7-5-6-14(20)11(3)4;1-11(2)13-10-15(19)17(16(13)20)9-7-5-6-8-14(18)12(3)4;1-8(2)10-7-12(16)14(13(10)17)6-5-11(15)9(3)4;1-9(2)11(13)7-5-6-8-12(14)10(3)4/h14-16H,5-13H2,1-4H3,(H,21,24);13-15H,7-12H2,1-6H3;10-13H,5-9,18H2,1-4H3;11-13H,5-10H2,1-4H3;8-10H,5-7H2,1-4H3;9-10H,5-8H2,1-4H3/q;+1;;;;. The minimum Gasteiger partial charge on any atom is -0.379 e. The minimum absolute atomic E-state index is 0.0109. The number of likely N-dealkylation sites (tertiary alicyclic amines) is 5. The van der Waals surface area contributed by atoms with E-state index in [2.05, 4.69) is 19.4 Å². The van der Waals surface area contributed by atoms with Crippen LogP contribution in [0.2, 0.25) is 0 Å². The summed E-state index contributed by atoms with van der Waals surface area (Å²) in [5.41, 5.74) is 5.65. The molecule has 11 amide bonds. The Morgan fingerprint density at radius 1 is 0.312 bits per heavy atom. The summed E-state index contributed by atoms with van der Waals surface area (Å²) in [6, 6.07) is -0.895. The van der Waals surface area contributed by atoms with Gasteiger partial charge in [0.15, 0.2) is 5.78 Å². The molecular weight excluding hydrogens is 1600 g/mol. The third-order valence-electron chi connectivity index (χ3n) is 23.7. The molecule has 714 valence electrons. The first-order valence-electron chi connectivity index (χ1n) is 46.5. The molecule has 5 aliphatic rings. The van der Waals surface area contributed by atoms with E-state index < -0.39 is 6.04 Å². The fourth-order valence-corrected chi connectivity index (χ4v) is 14.2. The summed E-state index contributed by atoms with van der Waals surface area (Å²) in [7, 11) is 4.18. The summed E-state index contributed by atoms with van der Waals surface area (Å²) >= 11 is 0. The van der Waals surface area contributed by atoms with E-state index in [0.717, 1.165) is 61.0 Å². The molecule has 5 aliphatic heterocycles. The predicted octanol–water partition coefficient (Wildman–Crippen LogP) is 12.0. The van der Waals surface area contributed by atoms with Gasteiger partial charge in [-0.15, -0.1) is 0 Å². The van der Waals surface area contributed by atoms with E-state index in [9.17, 15) is 91.1 Å². The van der Waals surface area contributed by atoms with Crippen molar-refractivity contribution in [3.8, 4) is 0 Å². The molecule has 29 heteroatoms. The summed E-state index contributed by atoms with van der Waals surface area (Å²) < 4.78 is 11.4. The van der Waals surface area contributed by atoms with Gasteiger partial charge >= 0.3 is 0 Å². The van der Waals surface area contributed by atoms with Gasteiger partial charge in [0, 0.05) is 200 Å². The zero-order valence-corrected chi connectivity index (χ0v) is 81.6. The molecule has 0 spiro atoms. The predicted molar refractivity (Wildman–Crippen MR) is 481 cm³/mol. The number of ketones is 8. The maximum atomic E-state index is 12.4. The van der Waals surface area contributed by atoms with Crippen LogP contribution in [0.1, 0.15) is 301 Å². The van der Waals surface area contributed by atoms with Gasteiger partial charge in [-0.05, 0) is 61.7 Å². The molecule has 5 fully saturated rings. The van der Waals surface area contributed by atoms with Crippen LogP contribution >= 0.6 is 0 Å². The van der Waals surface area contributed by atoms with Crippen molar-refractivity contribution in [3.63, 3.8) is 0 Å². The second kappa shape index (κ2) is 60.2. The van der Waals surface area contributed by atoms with E-state index in [1.54, 1.807) is 0 Å². The topological polar surface area (TPSA) is 397 Å². The van der Waals surface area contributed by atoms with Crippen LogP contribution in [-0.4, -0.2) is 239 Å². The number of nitrogens with two attached hydrogens (primary N) is 1. The van der Waals surface area contributed by atoms with Gasteiger partial charge in [-0.1, -0.05) is 173 Å². The van der Waals surface area contributed by atoms with Crippen molar-refractivity contribution in [2.75, 3.05) is 92.9 Å². The third-order valence-corrected chi connectivity index (χ3v) is 23.7. The molecule has 5 heterocycles. The van der Waals surface area contributed by atoms with Gasteiger partial charge in [-0.25, -0.2) is 0 Å². The highest BCUT2D eigenvalue weighted by atomic mass is 16.5. The van der Waals surface area contributed by atoms with E-state index in [4.69, 9.17) is 15.2 Å². The van der Waals surface area contributed by atoms with Gasteiger partial charge in [0.25, 0.3) is 0 Å². The molecule has 0 bridgehead atoms. The van der Waals surface area contributed by atoms with Gasteiger partial charge in [-0.2, -0.15) is 0 Å². The summed E-state index contributed by atoms with van der Waals surface area (Å²) in [4.78, 5) is 231. The van der Waals surface area contributed by atoms with Crippen molar-refractivity contribution >= 4 is 111 Å². The molecule has 29 nitrogen and oxygen atoms in total. The fourth-order valence-electron chi connectivity index (χ4n) is 14.2. The number of carbonyl (C=O) groups is 19. The number of amides is 11. The van der Waals surface area contributed by atoms with Crippen LogP contribution < -0.4 is 11.1 Å². The normalized spacial score (nSPS) is 18.2. The third kappa shape index (κ3) is 43.8. The van der Waals surface area contributed by atoms with Crippen LogP contribution in [0.3, 0.4) is 0 Å². The number of Topliss-reactive ketones (excluding diaryl/α,β-unsaturated/α-hetero) is 8. The number of quaternary nitrogens is 1. The number of hydrogen-bond acceptors (Lipinski definition) is 22. The molecule has 5 rings (SSSR count). The molecule has 0 aromatic carbocycles. The highest BCUT2D eigenvalue weighted by Gasteiger charge is 2.47. The number of nitrogens with one attached hydrogen (secondary N) is 1. The van der Waals surface area contributed by atoms with Crippen molar-refractivity contribution in [3.05, 3.63) is 0 Å². The van der Waals surface area contributed by atoms with Gasteiger partial charge in [0.2, 0.25) is 65.0 Å². The van der Waals surface area contributed by atoms with Crippen molar-refractivity contribution in [2.24, 2.45) is 106 Å². The Hall–Kier alpha value is -7.63. The van der Waals surface area contributed by atoms with Crippen LogP contribution in [-0.2, 0) is 101 Å². The van der Waals surface area contributed by atoms with Gasteiger partial charge in [0.05, 0.1) is 60.2 Å². The Morgan fingerprint density at radius 3 is 0.944 bits per heavy atom. The van der Waals surface area contributed by atoms with Gasteiger partial charge < -0.3 is 25.0 Å². The first kappa shape index (κ1) is 117. The molecule has 3 N–H and O–H groups in total. The highest BCUT2D eigenvalue weighted by Crippen LogP contribution is 2.32. The zero-order valence-electron chi connectivity index (χ0n) is 81.6. The molecular formula is C96H165N8O21+. The zero-order chi connectivity index (χ0) is 96.2. The summed E-state index contributed by atoms with van der Waals surface area (Å²) in [5, 5.41) is 2.70. The summed E-state index contributed by atoms with van der Waals surface area (Å²) in [6.07, 6.45) is 10.7. The van der Waals surface area contributed by atoms with E-state index in [0.29, 0.717) is 128 Å². The maximum absolute atomic E-state index is 12.4. The number of unbranched alkanes of at least 4 members (excludes halogenated alkanes) is 3. The lowest BCUT2D eigenvalue weighted by Gasteiger charge is -2.31. The average Bonchev–Trinajstić information content (AvgIpc) is 1.65. The average molecular weight is 1770 g/mol. The minimum atomic E-state index is -0.895. The number of likely N-dealkylation sites (N-methyl/N-ethyl adjacent to an activating group) is 1. The number of carbonyl (C=O) groups excluding carboxylic acids is 19. The number of ether oxygens (including phenoxy) is 2. The molecule has 6 atom stereocenters. The Bertz CT molecular complexity index is 3510. The molecule has 5 saturated heterocycles. The number of hydrogen-bond donors (Lipinski definition) is 2. The molecule has 0 aromatic heterocycles. The largest absolute Gasteiger partial charge is 0.379 e. The lowest BCUT2D eigenvalue weighted by molar-refractivity contribution is -0.889. The SMILES string of the molecule is CC(C)C(=O)CCCC(=O)C(CN)N1C(=O)CC(C(C)C)C1=O.CC(C)C(=O)CCCCC(=O)C(C)C.CC(C)C(=O)CCCCCN1C(=O)CC(C(C)C)C1=O.CC(C)C(=O)CCC[N+](C)(C)CCN1C(=O)CC(C(C)C)C1=O.CC(C)C(=O)CCN1C(=O)CC(C(C)C)C1=O.CC(C)C(=O)CCOCCOCCNC(=O)CCN1C(=O)CC(C(C)C)C1=O. The smallest absolute Gasteiger partial charge is 0.233 e. The lowest BCUT2D eigenvalue weighted by Crippen LogP contribution is -2.49. The van der Waals surface area contributed by atoms with E-state index in [1.165, 1.54) is 19.6 Å². The maximum Gasteiger partial charge on any atom is 0.233 e. The molecule has 0 radical (unpaired) electrons. The van der Waals surface area contributed by atoms with Gasteiger partial charge in [-0.3, -0.25) is 116 Å². The van der Waals surface area contributed by atoms with E-state index in [1.807, 2.05) is 166 Å².